The fourth-order valence-electron chi connectivity index (χ4n) is 1.34. The highest BCUT2D eigenvalue weighted by Crippen LogP contribution is 2.20. The summed E-state index contributed by atoms with van der Waals surface area (Å²) in [5.74, 6) is -0.227. The maximum absolute atomic E-state index is 13.3. The van der Waals surface area contributed by atoms with Gasteiger partial charge in [-0.15, -0.1) is 0 Å². The first kappa shape index (κ1) is 10.9. The highest BCUT2D eigenvalue weighted by Gasteiger charge is 2.02. The standard InChI is InChI=1S/C12H10ClFN2/c13-10-5-6-15-8-12(10)16-7-9-3-1-2-4-11(9)14/h1-6,8,16H,7H2. The zero-order chi connectivity index (χ0) is 11.4. The lowest BCUT2D eigenvalue weighted by Gasteiger charge is -2.08. The summed E-state index contributed by atoms with van der Waals surface area (Å²) in [6.45, 7) is 0.387. The van der Waals surface area contributed by atoms with Crippen molar-refractivity contribution in [3.8, 4) is 0 Å². The van der Waals surface area contributed by atoms with E-state index in [0.29, 0.717) is 22.8 Å². The summed E-state index contributed by atoms with van der Waals surface area (Å²) in [6.07, 6.45) is 3.22. The van der Waals surface area contributed by atoms with Crippen LogP contribution in [-0.2, 0) is 6.54 Å². The van der Waals surface area contributed by atoms with E-state index in [-0.39, 0.29) is 5.82 Å². The highest BCUT2D eigenvalue weighted by atomic mass is 35.5. The molecule has 0 unspecified atom stereocenters. The molecule has 0 bridgehead atoms. The van der Waals surface area contributed by atoms with Gasteiger partial charge in [-0.2, -0.15) is 0 Å². The Balaban J connectivity index is 2.09. The average Bonchev–Trinajstić information content (AvgIpc) is 2.30. The molecular weight excluding hydrogens is 227 g/mol. The quantitative estimate of drug-likeness (QED) is 0.883. The van der Waals surface area contributed by atoms with Gasteiger partial charge in [0.1, 0.15) is 5.82 Å². The van der Waals surface area contributed by atoms with Crippen molar-refractivity contribution in [1.29, 1.82) is 0 Å². The van der Waals surface area contributed by atoms with Gasteiger partial charge in [-0.05, 0) is 12.1 Å². The number of nitrogens with one attached hydrogen (secondary N) is 1. The number of benzene rings is 1. The van der Waals surface area contributed by atoms with Gasteiger partial charge in [0.25, 0.3) is 0 Å². The molecule has 2 rings (SSSR count). The first-order valence-electron chi connectivity index (χ1n) is 4.84. The molecule has 0 saturated heterocycles. The Morgan fingerprint density at radius 1 is 1.25 bits per heavy atom. The third kappa shape index (κ3) is 2.49. The molecule has 16 heavy (non-hydrogen) atoms. The molecule has 1 aromatic heterocycles. The maximum atomic E-state index is 13.3. The molecule has 0 radical (unpaired) electrons. The van der Waals surface area contributed by atoms with Gasteiger partial charge < -0.3 is 5.32 Å². The van der Waals surface area contributed by atoms with E-state index in [1.54, 1.807) is 36.7 Å². The molecule has 4 heteroatoms. The van der Waals surface area contributed by atoms with Gasteiger partial charge in [0.2, 0.25) is 0 Å². The van der Waals surface area contributed by atoms with Crippen molar-refractivity contribution in [3.05, 3.63) is 59.1 Å². The fraction of sp³-hybridized carbons (Fsp3) is 0.0833. The Morgan fingerprint density at radius 2 is 2.06 bits per heavy atom. The van der Waals surface area contributed by atoms with E-state index in [9.17, 15) is 4.39 Å². The van der Waals surface area contributed by atoms with E-state index in [1.165, 1.54) is 6.07 Å². The van der Waals surface area contributed by atoms with Crippen LogP contribution in [0.2, 0.25) is 5.02 Å². The molecule has 0 amide bonds. The zero-order valence-electron chi connectivity index (χ0n) is 8.45. The van der Waals surface area contributed by atoms with Crippen LogP contribution in [0.4, 0.5) is 10.1 Å². The second kappa shape index (κ2) is 4.94. The van der Waals surface area contributed by atoms with E-state index in [2.05, 4.69) is 10.3 Å². The molecule has 82 valence electrons. The third-order valence-electron chi connectivity index (χ3n) is 2.19. The minimum atomic E-state index is -0.227. The van der Waals surface area contributed by atoms with E-state index in [0.717, 1.165) is 0 Å². The highest BCUT2D eigenvalue weighted by molar-refractivity contribution is 6.33. The predicted octanol–water partition coefficient (Wildman–Crippen LogP) is 3.49. The monoisotopic (exact) mass is 236 g/mol. The number of hydrogen-bond acceptors (Lipinski definition) is 2. The lowest BCUT2D eigenvalue weighted by atomic mass is 10.2. The van der Waals surface area contributed by atoms with Crippen LogP contribution in [0, 0.1) is 5.82 Å². The normalized spacial score (nSPS) is 10.1. The van der Waals surface area contributed by atoms with Gasteiger partial charge in [-0.3, -0.25) is 4.98 Å². The van der Waals surface area contributed by atoms with E-state index < -0.39 is 0 Å². The number of pyridine rings is 1. The molecule has 1 aromatic carbocycles. The molecule has 0 aliphatic carbocycles. The summed E-state index contributed by atoms with van der Waals surface area (Å²) >= 11 is 5.93. The molecule has 2 aromatic rings. The van der Waals surface area contributed by atoms with Gasteiger partial charge in [0.15, 0.2) is 0 Å². The smallest absolute Gasteiger partial charge is 0.128 e. The van der Waals surface area contributed by atoms with Gasteiger partial charge in [0, 0.05) is 18.3 Å². The second-order valence-electron chi connectivity index (χ2n) is 3.30. The molecular formula is C12H10ClFN2. The Morgan fingerprint density at radius 3 is 2.81 bits per heavy atom. The van der Waals surface area contributed by atoms with Crippen molar-refractivity contribution >= 4 is 17.3 Å². The molecule has 0 saturated carbocycles. The van der Waals surface area contributed by atoms with Crippen molar-refractivity contribution in [3.63, 3.8) is 0 Å². The minimum Gasteiger partial charge on any atom is -0.378 e. The van der Waals surface area contributed by atoms with Gasteiger partial charge in [0.05, 0.1) is 16.9 Å². The van der Waals surface area contributed by atoms with Crippen molar-refractivity contribution < 1.29 is 4.39 Å². The number of rotatable bonds is 3. The summed E-state index contributed by atoms with van der Waals surface area (Å²) in [6, 6.07) is 8.31. The Kier molecular flexibility index (Phi) is 3.37. The van der Waals surface area contributed by atoms with Gasteiger partial charge in [-0.1, -0.05) is 29.8 Å². The maximum Gasteiger partial charge on any atom is 0.128 e. The number of anilines is 1. The molecule has 1 heterocycles. The molecule has 0 aliphatic heterocycles. The number of halogens is 2. The summed E-state index contributed by atoms with van der Waals surface area (Å²) in [5, 5.41) is 3.61. The van der Waals surface area contributed by atoms with Crippen molar-refractivity contribution in [2.75, 3.05) is 5.32 Å². The third-order valence-corrected chi connectivity index (χ3v) is 2.52. The van der Waals surface area contributed by atoms with Gasteiger partial charge in [-0.25, -0.2) is 4.39 Å². The average molecular weight is 237 g/mol. The van der Waals surface area contributed by atoms with Crippen LogP contribution in [0.3, 0.4) is 0 Å². The first-order chi connectivity index (χ1) is 7.77. The summed E-state index contributed by atoms with van der Waals surface area (Å²) in [5.41, 5.74) is 1.30. The lowest BCUT2D eigenvalue weighted by molar-refractivity contribution is 0.613. The fourth-order valence-corrected chi connectivity index (χ4v) is 1.51. The Bertz CT molecular complexity index is 442. The minimum absolute atomic E-state index is 0.227. The van der Waals surface area contributed by atoms with Crippen LogP contribution in [0.15, 0.2) is 42.7 Å². The summed E-state index contributed by atoms with van der Waals surface area (Å²) < 4.78 is 13.3. The predicted molar refractivity (Wildman–Crippen MR) is 63.0 cm³/mol. The van der Waals surface area contributed by atoms with E-state index in [4.69, 9.17) is 11.6 Å². The molecule has 2 nitrogen and oxygen atoms in total. The topological polar surface area (TPSA) is 24.9 Å². The Labute approximate surface area is 98.1 Å². The first-order valence-corrected chi connectivity index (χ1v) is 5.22. The van der Waals surface area contributed by atoms with E-state index >= 15 is 0 Å². The SMILES string of the molecule is Fc1ccccc1CNc1cnccc1Cl. The van der Waals surface area contributed by atoms with Crippen LogP contribution in [0.1, 0.15) is 5.56 Å². The molecule has 0 fully saturated rings. The van der Waals surface area contributed by atoms with Crippen LogP contribution >= 0.6 is 11.6 Å². The van der Waals surface area contributed by atoms with Crippen LogP contribution < -0.4 is 5.32 Å². The molecule has 0 atom stereocenters. The number of aromatic nitrogens is 1. The Hall–Kier alpha value is -1.61. The lowest BCUT2D eigenvalue weighted by Crippen LogP contribution is -2.02. The van der Waals surface area contributed by atoms with Crippen molar-refractivity contribution in [2.45, 2.75) is 6.54 Å². The van der Waals surface area contributed by atoms with Crippen LogP contribution in [-0.4, -0.2) is 4.98 Å². The van der Waals surface area contributed by atoms with Gasteiger partial charge >= 0.3 is 0 Å². The molecule has 0 aliphatic rings. The molecule has 0 spiro atoms. The van der Waals surface area contributed by atoms with E-state index in [1.807, 2.05) is 0 Å². The van der Waals surface area contributed by atoms with Crippen molar-refractivity contribution in [1.82, 2.24) is 4.98 Å². The number of hydrogen-bond donors (Lipinski definition) is 1. The number of nitrogens with zero attached hydrogens (tertiary/aromatic N) is 1. The van der Waals surface area contributed by atoms with Crippen molar-refractivity contribution in [2.24, 2.45) is 0 Å². The summed E-state index contributed by atoms with van der Waals surface area (Å²) in [4.78, 5) is 3.94. The second-order valence-corrected chi connectivity index (χ2v) is 3.71. The molecule has 1 N–H and O–H groups in total. The van der Waals surface area contributed by atoms with Crippen LogP contribution in [0.25, 0.3) is 0 Å². The largest absolute Gasteiger partial charge is 0.378 e. The summed E-state index contributed by atoms with van der Waals surface area (Å²) in [7, 11) is 0. The van der Waals surface area contributed by atoms with Crippen LogP contribution in [0.5, 0.6) is 0 Å². The zero-order valence-corrected chi connectivity index (χ0v) is 9.21.